The maximum atomic E-state index is 13.3. The van der Waals surface area contributed by atoms with Crippen molar-refractivity contribution in [3.05, 3.63) is 47.8 Å². The number of nitrogens with one attached hydrogen (secondary N) is 1. The van der Waals surface area contributed by atoms with Crippen molar-refractivity contribution >= 4 is 11.7 Å². The van der Waals surface area contributed by atoms with Crippen molar-refractivity contribution in [2.75, 3.05) is 31.5 Å². The van der Waals surface area contributed by atoms with Crippen LogP contribution in [0.4, 0.5) is 19.3 Å². The molecule has 1 aromatic heterocycles. The van der Waals surface area contributed by atoms with Gasteiger partial charge in [0.15, 0.2) is 11.6 Å². The van der Waals surface area contributed by atoms with Crippen LogP contribution in [0.25, 0.3) is 0 Å². The van der Waals surface area contributed by atoms with Crippen molar-refractivity contribution < 1.29 is 13.6 Å². The van der Waals surface area contributed by atoms with Crippen LogP contribution < -0.4 is 5.32 Å². The number of aromatic nitrogens is 2. The SMILES string of the molecule is Cn1nccc1CN1CC[C@@H]2CN(C(=O)Nc3ccc(F)c(F)c3)C[C@@H]2CC1. The van der Waals surface area contributed by atoms with E-state index in [0.29, 0.717) is 24.9 Å². The van der Waals surface area contributed by atoms with Crippen LogP contribution in [0.15, 0.2) is 30.5 Å². The summed E-state index contributed by atoms with van der Waals surface area (Å²) >= 11 is 0. The third-order valence-corrected chi connectivity index (χ3v) is 5.97. The number of rotatable bonds is 3. The average molecular weight is 389 g/mol. The number of likely N-dealkylation sites (tertiary alicyclic amines) is 2. The first-order chi connectivity index (χ1) is 13.5. The number of fused-ring (bicyclic) bond motifs is 1. The highest BCUT2D eigenvalue weighted by Gasteiger charge is 2.37. The Morgan fingerprint density at radius 1 is 1.14 bits per heavy atom. The lowest BCUT2D eigenvalue weighted by Gasteiger charge is -2.22. The highest BCUT2D eigenvalue weighted by atomic mass is 19.2. The molecule has 0 spiro atoms. The van der Waals surface area contributed by atoms with Gasteiger partial charge in [0.05, 0.1) is 5.69 Å². The maximum absolute atomic E-state index is 13.3. The Kier molecular flexibility index (Phi) is 5.30. The minimum atomic E-state index is -0.960. The van der Waals surface area contributed by atoms with E-state index in [0.717, 1.165) is 44.6 Å². The van der Waals surface area contributed by atoms with Crippen LogP contribution in [0.5, 0.6) is 0 Å². The fraction of sp³-hybridized carbons (Fsp3) is 0.500. The Morgan fingerprint density at radius 2 is 1.86 bits per heavy atom. The van der Waals surface area contributed by atoms with E-state index in [1.807, 2.05) is 17.9 Å². The molecule has 1 N–H and O–H groups in total. The molecule has 2 aromatic rings. The summed E-state index contributed by atoms with van der Waals surface area (Å²) in [5.74, 6) is -0.922. The predicted octanol–water partition coefficient (Wildman–Crippen LogP) is 3.07. The second-order valence-corrected chi connectivity index (χ2v) is 7.78. The second-order valence-electron chi connectivity index (χ2n) is 7.78. The molecule has 2 atom stereocenters. The molecule has 2 aliphatic rings. The van der Waals surface area contributed by atoms with E-state index < -0.39 is 11.6 Å². The van der Waals surface area contributed by atoms with Crippen molar-refractivity contribution in [3.8, 4) is 0 Å². The highest BCUT2D eigenvalue weighted by molar-refractivity contribution is 5.89. The Bertz CT molecular complexity index is 839. The molecule has 8 heteroatoms. The van der Waals surface area contributed by atoms with Crippen LogP contribution in [0.2, 0.25) is 0 Å². The molecule has 0 aliphatic carbocycles. The van der Waals surface area contributed by atoms with Crippen LogP contribution in [0.1, 0.15) is 18.5 Å². The number of benzene rings is 1. The van der Waals surface area contributed by atoms with Crippen LogP contribution in [-0.2, 0) is 13.6 Å². The molecule has 2 amide bonds. The number of anilines is 1. The van der Waals surface area contributed by atoms with Crippen molar-refractivity contribution in [3.63, 3.8) is 0 Å². The van der Waals surface area contributed by atoms with Crippen LogP contribution in [-0.4, -0.2) is 51.8 Å². The van der Waals surface area contributed by atoms with E-state index in [2.05, 4.69) is 21.4 Å². The fourth-order valence-electron chi connectivity index (χ4n) is 4.29. The van der Waals surface area contributed by atoms with Gasteiger partial charge >= 0.3 is 6.03 Å². The van der Waals surface area contributed by atoms with Crippen molar-refractivity contribution in [2.24, 2.45) is 18.9 Å². The molecule has 0 radical (unpaired) electrons. The van der Waals surface area contributed by atoms with E-state index in [1.54, 1.807) is 4.90 Å². The van der Waals surface area contributed by atoms with Gasteiger partial charge in [0.1, 0.15) is 0 Å². The summed E-state index contributed by atoms with van der Waals surface area (Å²) in [7, 11) is 1.96. The van der Waals surface area contributed by atoms with E-state index >= 15 is 0 Å². The molecule has 1 aromatic carbocycles. The summed E-state index contributed by atoms with van der Waals surface area (Å²) in [5.41, 5.74) is 1.48. The predicted molar refractivity (Wildman–Crippen MR) is 102 cm³/mol. The lowest BCUT2D eigenvalue weighted by molar-refractivity contribution is 0.215. The Balaban J connectivity index is 1.31. The first kappa shape index (κ1) is 18.9. The van der Waals surface area contributed by atoms with Crippen molar-refractivity contribution in [1.82, 2.24) is 19.6 Å². The van der Waals surface area contributed by atoms with Crippen LogP contribution in [0, 0.1) is 23.5 Å². The highest BCUT2D eigenvalue weighted by Crippen LogP contribution is 2.32. The zero-order chi connectivity index (χ0) is 19.7. The fourth-order valence-corrected chi connectivity index (χ4v) is 4.29. The molecule has 2 saturated heterocycles. The Labute approximate surface area is 163 Å². The number of urea groups is 1. The smallest absolute Gasteiger partial charge is 0.321 e. The van der Waals surface area contributed by atoms with Gasteiger partial charge in [-0.1, -0.05) is 0 Å². The minimum Gasteiger partial charge on any atom is -0.324 e. The number of aryl methyl sites for hydroxylation is 1. The van der Waals surface area contributed by atoms with E-state index in [4.69, 9.17) is 0 Å². The summed E-state index contributed by atoms with van der Waals surface area (Å²) in [6, 6.07) is 5.22. The number of hydrogen-bond acceptors (Lipinski definition) is 3. The molecule has 2 aliphatic heterocycles. The zero-order valence-corrected chi connectivity index (χ0v) is 15.9. The van der Waals surface area contributed by atoms with Crippen molar-refractivity contribution in [1.29, 1.82) is 0 Å². The number of halogens is 2. The molecule has 0 saturated carbocycles. The van der Waals surface area contributed by atoms with Gasteiger partial charge < -0.3 is 10.2 Å². The Morgan fingerprint density at radius 3 is 2.46 bits per heavy atom. The summed E-state index contributed by atoms with van der Waals surface area (Å²) in [6.07, 6.45) is 3.93. The second kappa shape index (κ2) is 7.87. The largest absolute Gasteiger partial charge is 0.324 e. The van der Waals surface area contributed by atoms with Gasteiger partial charge in [-0.2, -0.15) is 5.10 Å². The number of carbonyl (C=O) groups is 1. The average Bonchev–Trinajstić information content (AvgIpc) is 3.22. The molecule has 3 heterocycles. The molecule has 28 heavy (non-hydrogen) atoms. The molecular formula is C20H25F2N5O. The summed E-state index contributed by atoms with van der Waals surface area (Å²) in [5, 5.41) is 6.91. The normalized spacial score (nSPS) is 22.8. The van der Waals surface area contributed by atoms with E-state index in [1.165, 1.54) is 11.8 Å². The zero-order valence-electron chi connectivity index (χ0n) is 15.9. The Hall–Kier alpha value is -2.48. The quantitative estimate of drug-likeness (QED) is 0.878. The van der Waals surface area contributed by atoms with Gasteiger partial charge in [-0.05, 0) is 56.0 Å². The standard InChI is InChI=1S/C20H25F2N5O/c1-25-17(4-7-23-25)13-26-8-5-14-11-27(12-15(14)6-9-26)20(28)24-16-2-3-18(21)19(22)10-16/h2-4,7,10,14-15H,5-6,8-9,11-13H2,1H3,(H,24,28)/t14-,15+. The van der Waals surface area contributed by atoms with Gasteiger partial charge in [0.25, 0.3) is 0 Å². The summed E-state index contributed by atoms with van der Waals surface area (Å²) < 4.78 is 28.3. The minimum absolute atomic E-state index is 0.245. The first-order valence-electron chi connectivity index (χ1n) is 9.70. The summed E-state index contributed by atoms with van der Waals surface area (Å²) in [4.78, 5) is 16.8. The lowest BCUT2D eigenvalue weighted by Crippen LogP contribution is -2.34. The number of carbonyl (C=O) groups excluding carboxylic acids is 1. The molecule has 4 rings (SSSR count). The third kappa shape index (κ3) is 4.01. The van der Waals surface area contributed by atoms with Gasteiger partial charge in [-0.3, -0.25) is 9.58 Å². The maximum Gasteiger partial charge on any atom is 0.321 e. The number of amides is 2. The van der Waals surface area contributed by atoms with Crippen LogP contribution >= 0.6 is 0 Å². The molecule has 0 unspecified atom stereocenters. The number of hydrogen-bond donors (Lipinski definition) is 1. The molecule has 150 valence electrons. The van der Waals surface area contributed by atoms with Gasteiger partial charge in [0.2, 0.25) is 0 Å². The molecule has 2 fully saturated rings. The number of nitrogens with zero attached hydrogens (tertiary/aromatic N) is 4. The van der Waals surface area contributed by atoms with Crippen LogP contribution in [0.3, 0.4) is 0 Å². The van der Waals surface area contributed by atoms with Crippen molar-refractivity contribution in [2.45, 2.75) is 19.4 Å². The molecular weight excluding hydrogens is 364 g/mol. The molecule has 6 nitrogen and oxygen atoms in total. The van der Waals surface area contributed by atoms with Gasteiger partial charge in [-0.15, -0.1) is 0 Å². The third-order valence-electron chi connectivity index (χ3n) is 5.97. The van der Waals surface area contributed by atoms with E-state index in [9.17, 15) is 13.6 Å². The van der Waals surface area contributed by atoms with E-state index in [-0.39, 0.29) is 11.7 Å². The first-order valence-corrected chi connectivity index (χ1v) is 9.70. The van der Waals surface area contributed by atoms with Gasteiger partial charge in [-0.25, -0.2) is 13.6 Å². The topological polar surface area (TPSA) is 53.4 Å². The summed E-state index contributed by atoms with van der Waals surface area (Å²) in [6.45, 7) is 4.33. The monoisotopic (exact) mass is 389 g/mol. The lowest BCUT2D eigenvalue weighted by atomic mass is 9.92. The molecule has 0 bridgehead atoms. The van der Waals surface area contributed by atoms with Gasteiger partial charge in [0, 0.05) is 44.6 Å².